The molecule has 1 aromatic heterocycles. The van der Waals surface area contributed by atoms with Gasteiger partial charge in [0.2, 0.25) is 0 Å². The molecule has 4 heteroatoms. The van der Waals surface area contributed by atoms with Crippen LogP contribution in [0, 0.1) is 6.92 Å². The summed E-state index contributed by atoms with van der Waals surface area (Å²) in [5, 5.41) is 0. The van der Waals surface area contributed by atoms with Crippen molar-refractivity contribution in [2.24, 2.45) is 5.73 Å². The molecule has 1 atom stereocenters. The molecular formula is C8H14N2OS. The standard InChI is InChI=1S/C8H14N2OS/c1-6-7(12-5-10-6)8(2,4-9)11-3/h5H,4,9H2,1-3H3. The summed E-state index contributed by atoms with van der Waals surface area (Å²) < 4.78 is 5.36. The van der Waals surface area contributed by atoms with Crippen LogP contribution >= 0.6 is 11.3 Å². The summed E-state index contributed by atoms with van der Waals surface area (Å²) in [5.41, 5.74) is 8.09. The number of hydrogen-bond acceptors (Lipinski definition) is 4. The van der Waals surface area contributed by atoms with Crippen molar-refractivity contribution in [1.82, 2.24) is 4.98 Å². The van der Waals surface area contributed by atoms with Crippen LogP contribution in [0.2, 0.25) is 0 Å². The summed E-state index contributed by atoms with van der Waals surface area (Å²) in [5.74, 6) is 0. The van der Waals surface area contributed by atoms with Crippen molar-refractivity contribution in [2.45, 2.75) is 19.4 Å². The third kappa shape index (κ3) is 1.50. The number of nitrogens with two attached hydrogens (primary N) is 1. The molecule has 1 heterocycles. The number of methoxy groups -OCH3 is 1. The molecule has 0 saturated carbocycles. The average Bonchev–Trinajstić information content (AvgIpc) is 2.51. The summed E-state index contributed by atoms with van der Waals surface area (Å²) in [6, 6.07) is 0. The Morgan fingerprint density at radius 2 is 2.42 bits per heavy atom. The zero-order valence-electron chi connectivity index (χ0n) is 7.63. The van der Waals surface area contributed by atoms with Crippen LogP contribution in [0.4, 0.5) is 0 Å². The lowest BCUT2D eigenvalue weighted by Gasteiger charge is -2.25. The van der Waals surface area contributed by atoms with Crippen molar-refractivity contribution >= 4 is 11.3 Å². The van der Waals surface area contributed by atoms with Gasteiger partial charge in [0.1, 0.15) is 5.60 Å². The lowest BCUT2D eigenvalue weighted by molar-refractivity contribution is 0.0126. The van der Waals surface area contributed by atoms with Gasteiger partial charge in [0.15, 0.2) is 0 Å². The Hall–Kier alpha value is -0.450. The minimum atomic E-state index is -0.370. The van der Waals surface area contributed by atoms with E-state index in [-0.39, 0.29) is 5.60 Å². The summed E-state index contributed by atoms with van der Waals surface area (Å²) in [4.78, 5) is 5.28. The molecular weight excluding hydrogens is 172 g/mol. The summed E-state index contributed by atoms with van der Waals surface area (Å²) in [7, 11) is 1.67. The van der Waals surface area contributed by atoms with Gasteiger partial charge in [0.25, 0.3) is 0 Å². The van der Waals surface area contributed by atoms with E-state index in [9.17, 15) is 0 Å². The Morgan fingerprint density at radius 1 is 1.75 bits per heavy atom. The van der Waals surface area contributed by atoms with E-state index in [1.54, 1.807) is 18.4 Å². The van der Waals surface area contributed by atoms with Gasteiger partial charge in [0, 0.05) is 13.7 Å². The van der Waals surface area contributed by atoms with Gasteiger partial charge in [-0.15, -0.1) is 11.3 Å². The van der Waals surface area contributed by atoms with E-state index in [0.717, 1.165) is 10.6 Å². The predicted molar refractivity (Wildman–Crippen MR) is 50.3 cm³/mol. The highest BCUT2D eigenvalue weighted by Gasteiger charge is 2.27. The molecule has 68 valence electrons. The monoisotopic (exact) mass is 186 g/mol. The first-order valence-corrected chi connectivity index (χ1v) is 4.68. The SMILES string of the molecule is COC(C)(CN)c1scnc1C. The lowest BCUT2D eigenvalue weighted by Crippen LogP contribution is -2.33. The molecule has 0 aliphatic heterocycles. The van der Waals surface area contributed by atoms with E-state index in [4.69, 9.17) is 10.5 Å². The highest BCUT2D eigenvalue weighted by atomic mass is 32.1. The predicted octanol–water partition coefficient (Wildman–Crippen LogP) is 1.27. The van der Waals surface area contributed by atoms with Gasteiger partial charge in [0.05, 0.1) is 16.1 Å². The highest BCUT2D eigenvalue weighted by molar-refractivity contribution is 7.09. The Balaban J connectivity index is 3.02. The van der Waals surface area contributed by atoms with Crippen molar-refractivity contribution in [3.8, 4) is 0 Å². The fraction of sp³-hybridized carbons (Fsp3) is 0.625. The van der Waals surface area contributed by atoms with E-state index >= 15 is 0 Å². The first-order valence-electron chi connectivity index (χ1n) is 3.80. The molecule has 0 fully saturated rings. The highest BCUT2D eigenvalue weighted by Crippen LogP contribution is 2.29. The number of hydrogen-bond donors (Lipinski definition) is 1. The van der Waals surface area contributed by atoms with E-state index in [2.05, 4.69) is 4.98 Å². The second kappa shape index (κ2) is 3.51. The van der Waals surface area contributed by atoms with Crippen molar-refractivity contribution in [1.29, 1.82) is 0 Å². The van der Waals surface area contributed by atoms with E-state index in [1.807, 2.05) is 19.4 Å². The molecule has 0 bridgehead atoms. The maximum atomic E-state index is 5.63. The van der Waals surface area contributed by atoms with Gasteiger partial charge in [-0.1, -0.05) is 0 Å². The van der Waals surface area contributed by atoms with Gasteiger partial charge in [-0.2, -0.15) is 0 Å². The average molecular weight is 186 g/mol. The van der Waals surface area contributed by atoms with Crippen molar-refractivity contribution in [3.05, 3.63) is 16.1 Å². The van der Waals surface area contributed by atoms with Crippen LogP contribution in [0.1, 0.15) is 17.5 Å². The van der Waals surface area contributed by atoms with E-state index < -0.39 is 0 Å². The quantitative estimate of drug-likeness (QED) is 0.773. The fourth-order valence-corrected chi connectivity index (χ4v) is 2.03. The van der Waals surface area contributed by atoms with Crippen LogP contribution in [0.3, 0.4) is 0 Å². The number of aromatic nitrogens is 1. The Labute approximate surface area is 76.6 Å². The van der Waals surface area contributed by atoms with Gasteiger partial charge < -0.3 is 10.5 Å². The Morgan fingerprint density at radius 3 is 2.75 bits per heavy atom. The summed E-state index contributed by atoms with van der Waals surface area (Å²) in [6.45, 7) is 4.43. The first kappa shape index (κ1) is 9.64. The maximum absolute atomic E-state index is 5.63. The first-order chi connectivity index (χ1) is 5.64. The van der Waals surface area contributed by atoms with Crippen LogP contribution in [0.5, 0.6) is 0 Å². The number of nitrogens with zero attached hydrogens (tertiary/aromatic N) is 1. The molecule has 1 unspecified atom stereocenters. The zero-order valence-corrected chi connectivity index (χ0v) is 8.44. The smallest absolute Gasteiger partial charge is 0.113 e. The third-order valence-electron chi connectivity index (χ3n) is 2.07. The number of ether oxygens (including phenoxy) is 1. The number of thiazole rings is 1. The zero-order chi connectivity index (χ0) is 9.19. The molecule has 0 radical (unpaired) electrons. The Kier molecular flexibility index (Phi) is 2.82. The lowest BCUT2D eigenvalue weighted by atomic mass is 10.0. The molecule has 2 N–H and O–H groups in total. The molecule has 0 aromatic carbocycles. The van der Waals surface area contributed by atoms with Crippen LogP contribution in [0.25, 0.3) is 0 Å². The van der Waals surface area contributed by atoms with E-state index in [1.165, 1.54) is 0 Å². The molecule has 0 aliphatic carbocycles. The minimum Gasteiger partial charge on any atom is -0.372 e. The largest absolute Gasteiger partial charge is 0.372 e. The molecule has 0 aliphatic rings. The summed E-state index contributed by atoms with van der Waals surface area (Å²) >= 11 is 1.59. The second-order valence-electron chi connectivity index (χ2n) is 2.91. The third-order valence-corrected chi connectivity index (χ3v) is 3.24. The van der Waals surface area contributed by atoms with E-state index in [0.29, 0.717) is 6.54 Å². The van der Waals surface area contributed by atoms with Crippen LogP contribution < -0.4 is 5.73 Å². The fourth-order valence-electron chi connectivity index (χ4n) is 1.08. The van der Waals surface area contributed by atoms with Gasteiger partial charge in [-0.05, 0) is 13.8 Å². The van der Waals surface area contributed by atoms with Crippen molar-refractivity contribution in [3.63, 3.8) is 0 Å². The normalized spacial score (nSPS) is 16.0. The molecule has 12 heavy (non-hydrogen) atoms. The van der Waals surface area contributed by atoms with Crippen LogP contribution in [-0.4, -0.2) is 18.6 Å². The molecule has 3 nitrogen and oxygen atoms in total. The number of aryl methyl sites for hydroxylation is 1. The second-order valence-corrected chi connectivity index (χ2v) is 3.76. The van der Waals surface area contributed by atoms with Crippen LogP contribution in [-0.2, 0) is 10.3 Å². The van der Waals surface area contributed by atoms with Crippen LogP contribution in [0.15, 0.2) is 5.51 Å². The summed E-state index contributed by atoms with van der Waals surface area (Å²) in [6.07, 6.45) is 0. The molecule has 1 aromatic rings. The number of rotatable bonds is 3. The van der Waals surface area contributed by atoms with Crippen molar-refractivity contribution < 1.29 is 4.74 Å². The van der Waals surface area contributed by atoms with Crippen molar-refractivity contribution in [2.75, 3.05) is 13.7 Å². The minimum absolute atomic E-state index is 0.370. The molecule has 1 rings (SSSR count). The van der Waals surface area contributed by atoms with Gasteiger partial charge >= 0.3 is 0 Å². The van der Waals surface area contributed by atoms with Gasteiger partial charge in [-0.3, -0.25) is 0 Å². The topological polar surface area (TPSA) is 48.1 Å². The molecule has 0 amide bonds. The maximum Gasteiger partial charge on any atom is 0.113 e. The Bertz CT molecular complexity index is 255. The molecule has 0 saturated heterocycles. The van der Waals surface area contributed by atoms with Gasteiger partial charge in [-0.25, -0.2) is 4.98 Å². The molecule has 0 spiro atoms.